The van der Waals surface area contributed by atoms with E-state index in [2.05, 4.69) is 15.1 Å². The van der Waals surface area contributed by atoms with E-state index in [-0.39, 0.29) is 0 Å². The summed E-state index contributed by atoms with van der Waals surface area (Å²) in [5, 5.41) is 3.99. The van der Waals surface area contributed by atoms with Gasteiger partial charge in [-0.25, -0.2) is 9.97 Å². The lowest BCUT2D eigenvalue weighted by molar-refractivity contribution is 0.427. The molecule has 0 aromatic carbocycles. The molecule has 0 radical (unpaired) electrons. The van der Waals surface area contributed by atoms with Crippen molar-refractivity contribution in [3.05, 3.63) is 66.1 Å². The van der Waals surface area contributed by atoms with Crippen molar-refractivity contribution in [1.82, 2.24) is 20.1 Å². The summed E-state index contributed by atoms with van der Waals surface area (Å²) in [5.41, 5.74) is 4.30. The van der Waals surface area contributed by atoms with Crippen LogP contribution in [0.5, 0.6) is 0 Å². The van der Waals surface area contributed by atoms with Gasteiger partial charge in [-0.1, -0.05) is 11.2 Å². The van der Waals surface area contributed by atoms with Gasteiger partial charge in [-0.15, -0.1) is 0 Å². The lowest BCUT2D eigenvalue weighted by Gasteiger charge is -2.18. The first-order valence-corrected chi connectivity index (χ1v) is 9.08. The highest BCUT2D eigenvalue weighted by molar-refractivity contribution is 5.79. The molecule has 7 heteroatoms. The number of pyridine rings is 1. The van der Waals surface area contributed by atoms with Gasteiger partial charge < -0.3 is 13.8 Å². The molecule has 4 aromatic rings. The van der Waals surface area contributed by atoms with Crippen LogP contribution in [0.1, 0.15) is 17.1 Å². The highest BCUT2D eigenvalue weighted by atomic mass is 16.5. The fourth-order valence-corrected chi connectivity index (χ4v) is 2.99. The Hall–Kier alpha value is -3.48. The molecule has 0 aliphatic heterocycles. The van der Waals surface area contributed by atoms with Crippen LogP contribution in [0, 0.1) is 13.8 Å². The van der Waals surface area contributed by atoms with Crippen molar-refractivity contribution in [1.29, 1.82) is 0 Å². The number of aryl methyl sites for hydroxylation is 2. The van der Waals surface area contributed by atoms with Crippen LogP contribution in [0.15, 0.2) is 57.9 Å². The molecule has 0 N–H and O–H groups in total. The van der Waals surface area contributed by atoms with E-state index in [9.17, 15) is 0 Å². The number of aromatic nitrogens is 4. The molecule has 0 aliphatic carbocycles. The second-order valence-corrected chi connectivity index (χ2v) is 6.65. The van der Waals surface area contributed by atoms with E-state index in [0.29, 0.717) is 11.7 Å². The first-order chi connectivity index (χ1) is 13.6. The standard InChI is InChI=1S/C21H21N5O2/c1-14-12-19(28-25-14)18-13-23-21(24-20(18)17-8-11-27-15(17)2)26(3)10-7-16-6-4-5-9-22-16/h4-6,8-9,11-13H,7,10H2,1-3H3. The lowest BCUT2D eigenvalue weighted by atomic mass is 10.1. The van der Waals surface area contributed by atoms with E-state index in [4.69, 9.17) is 13.9 Å². The van der Waals surface area contributed by atoms with Crippen molar-refractivity contribution in [3.63, 3.8) is 0 Å². The number of hydrogen-bond acceptors (Lipinski definition) is 7. The van der Waals surface area contributed by atoms with Gasteiger partial charge in [0.05, 0.1) is 23.2 Å². The molecule has 0 spiro atoms. The molecule has 0 aliphatic rings. The average Bonchev–Trinajstić information content (AvgIpc) is 3.34. The third kappa shape index (κ3) is 3.64. The van der Waals surface area contributed by atoms with Crippen LogP contribution >= 0.6 is 0 Å². The van der Waals surface area contributed by atoms with Gasteiger partial charge in [0, 0.05) is 49.7 Å². The summed E-state index contributed by atoms with van der Waals surface area (Å²) >= 11 is 0. The van der Waals surface area contributed by atoms with Gasteiger partial charge in [-0.05, 0) is 32.0 Å². The SMILES string of the molecule is Cc1cc(-c2cnc(N(C)CCc3ccccn3)nc2-c2ccoc2C)on1. The Morgan fingerprint density at radius 1 is 1.07 bits per heavy atom. The normalized spacial score (nSPS) is 11.0. The second-order valence-electron chi connectivity index (χ2n) is 6.65. The lowest BCUT2D eigenvalue weighted by Crippen LogP contribution is -2.23. The molecule has 28 heavy (non-hydrogen) atoms. The summed E-state index contributed by atoms with van der Waals surface area (Å²) in [6.07, 6.45) is 6.05. The molecular weight excluding hydrogens is 354 g/mol. The van der Waals surface area contributed by atoms with Crippen molar-refractivity contribution >= 4 is 5.95 Å². The summed E-state index contributed by atoms with van der Waals surface area (Å²) in [7, 11) is 1.97. The summed E-state index contributed by atoms with van der Waals surface area (Å²) < 4.78 is 10.9. The van der Waals surface area contributed by atoms with Gasteiger partial charge in [-0.3, -0.25) is 4.98 Å². The molecule has 0 bridgehead atoms. The molecule has 0 saturated heterocycles. The third-order valence-electron chi connectivity index (χ3n) is 4.55. The monoisotopic (exact) mass is 375 g/mol. The number of furan rings is 1. The molecule has 7 nitrogen and oxygen atoms in total. The van der Waals surface area contributed by atoms with E-state index in [0.717, 1.165) is 46.9 Å². The number of hydrogen-bond donors (Lipinski definition) is 0. The highest BCUT2D eigenvalue weighted by Gasteiger charge is 2.19. The van der Waals surface area contributed by atoms with Gasteiger partial charge in [0.15, 0.2) is 5.76 Å². The summed E-state index contributed by atoms with van der Waals surface area (Å²) in [5.74, 6) is 2.06. The third-order valence-corrected chi connectivity index (χ3v) is 4.55. The maximum atomic E-state index is 5.49. The Bertz CT molecular complexity index is 1070. The van der Waals surface area contributed by atoms with Gasteiger partial charge in [0.25, 0.3) is 0 Å². The Kier molecular flexibility index (Phi) is 4.89. The summed E-state index contributed by atoms with van der Waals surface area (Å²) in [6, 6.07) is 9.71. The molecule has 0 atom stereocenters. The highest BCUT2D eigenvalue weighted by Crippen LogP contribution is 2.33. The summed E-state index contributed by atoms with van der Waals surface area (Å²) in [4.78, 5) is 15.8. The van der Waals surface area contributed by atoms with E-state index in [1.807, 2.05) is 56.1 Å². The van der Waals surface area contributed by atoms with Gasteiger partial charge in [0.1, 0.15) is 5.76 Å². The number of nitrogens with zero attached hydrogens (tertiary/aromatic N) is 5. The maximum absolute atomic E-state index is 5.49. The van der Waals surface area contributed by atoms with Crippen LogP contribution in [-0.2, 0) is 6.42 Å². The largest absolute Gasteiger partial charge is 0.469 e. The fourth-order valence-electron chi connectivity index (χ4n) is 2.99. The van der Waals surface area contributed by atoms with E-state index in [1.54, 1.807) is 18.7 Å². The topological polar surface area (TPSA) is 81.1 Å². The van der Waals surface area contributed by atoms with E-state index < -0.39 is 0 Å². The molecule has 0 amide bonds. The fraction of sp³-hybridized carbons (Fsp3) is 0.238. The molecule has 4 aromatic heterocycles. The summed E-state index contributed by atoms with van der Waals surface area (Å²) in [6.45, 7) is 4.55. The first-order valence-electron chi connectivity index (χ1n) is 9.08. The molecule has 0 unspecified atom stereocenters. The van der Waals surface area contributed by atoms with E-state index in [1.165, 1.54) is 0 Å². The smallest absolute Gasteiger partial charge is 0.225 e. The predicted octanol–water partition coefficient (Wildman–Crippen LogP) is 4.08. The molecule has 4 rings (SSSR count). The van der Waals surface area contributed by atoms with Crippen molar-refractivity contribution in [2.75, 3.05) is 18.5 Å². The van der Waals surface area contributed by atoms with Crippen molar-refractivity contribution in [2.45, 2.75) is 20.3 Å². The quantitative estimate of drug-likeness (QED) is 0.502. The van der Waals surface area contributed by atoms with Gasteiger partial charge >= 0.3 is 0 Å². The Balaban J connectivity index is 1.67. The molecule has 4 heterocycles. The minimum Gasteiger partial charge on any atom is -0.469 e. The van der Waals surface area contributed by atoms with Crippen LogP contribution in [0.4, 0.5) is 5.95 Å². The minimum absolute atomic E-state index is 0.631. The number of likely N-dealkylation sites (N-methyl/N-ethyl adjacent to an activating group) is 1. The van der Waals surface area contributed by atoms with E-state index >= 15 is 0 Å². The number of rotatable bonds is 6. The Labute approximate surface area is 163 Å². The maximum Gasteiger partial charge on any atom is 0.225 e. The van der Waals surface area contributed by atoms with Crippen LogP contribution in [0.3, 0.4) is 0 Å². The molecule has 142 valence electrons. The number of anilines is 1. The van der Waals surface area contributed by atoms with Crippen LogP contribution < -0.4 is 4.90 Å². The van der Waals surface area contributed by atoms with Crippen molar-refractivity contribution in [2.24, 2.45) is 0 Å². The molecule has 0 saturated carbocycles. The zero-order chi connectivity index (χ0) is 19.5. The van der Waals surface area contributed by atoms with Crippen molar-refractivity contribution in [3.8, 4) is 22.6 Å². The van der Waals surface area contributed by atoms with Crippen molar-refractivity contribution < 1.29 is 8.94 Å². The second kappa shape index (κ2) is 7.64. The van der Waals surface area contributed by atoms with Crippen LogP contribution in [0.25, 0.3) is 22.6 Å². The Morgan fingerprint density at radius 3 is 2.64 bits per heavy atom. The zero-order valence-electron chi connectivity index (χ0n) is 16.1. The van der Waals surface area contributed by atoms with Crippen LogP contribution in [-0.4, -0.2) is 33.7 Å². The molecule has 0 fully saturated rings. The van der Waals surface area contributed by atoms with Crippen LogP contribution in [0.2, 0.25) is 0 Å². The van der Waals surface area contributed by atoms with Gasteiger partial charge in [0.2, 0.25) is 5.95 Å². The predicted molar refractivity (Wildman–Crippen MR) is 106 cm³/mol. The zero-order valence-corrected chi connectivity index (χ0v) is 16.1. The minimum atomic E-state index is 0.631. The average molecular weight is 375 g/mol. The molecular formula is C21H21N5O2. The Morgan fingerprint density at radius 2 is 1.96 bits per heavy atom. The van der Waals surface area contributed by atoms with Gasteiger partial charge in [-0.2, -0.15) is 0 Å². The first kappa shape index (κ1) is 17.9.